The van der Waals surface area contributed by atoms with Crippen LogP contribution in [0.4, 0.5) is 4.39 Å². The Morgan fingerprint density at radius 3 is 2.18 bits per heavy atom. The lowest BCUT2D eigenvalue weighted by molar-refractivity contribution is -0.127. The van der Waals surface area contributed by atoms with Crippen molar-refractivity contribution in [1.29, 1.82) is 0 Å². The predicted molar refractivity (Wildman–Crippen MR) is 76.7 cm³/mol. The summed E-state index contributed by atoms with van der Waals surface area (Å²) in [6.45, 7) is 5.08. The average Bonchev–Trinajstić information content (AvgIpc) is 2.70. The Morgan fingerprint density at radius 2 is 1.73 bits per heavy atom. The Morgan fingerprint density at radius 1 is 1.14 bits per heavy atom. The van der Waals surface area contributed by atoms with Gasteiger partial charge >= 0.3 is 5.97 Å². The molecule has 5 nitrogen and oxygen atoms in total. The molecule has 22 heavy (non-hydrogen) atoms. The van der Waals surface area contributed by atoms with E-state index in [2.05, 4.69) is 0 Å². The van der Waals surface area contributed by atoms with Gasteiger partial charge in [-0.2, -0.15) is 0 Å². The highest BCUT2D eigenvalue weighted by Gasteiger charge is 2.27. The van der Waals surface area contributed by atoms with Crippen LogP contribution in [0.3, 0.4) is 0 Å². The topological polar surface area (TPSA) is 82.5 Å². The predicted octanol–water partition coefficient (Wildman–Crippen LogP) is 2.73. The van der Waals surface area contributed by atoms with Gasteiger partial charge in [-0.1, -0.05) is 12.1 Å². The Bertz CT molecular complexity index is 718. The molecule has 1 aromatic carbocycles. The molecule has 0 unspecified atom stereocenters. The van der Waals surface area contributed by atoms with Crippen LogP contribution in [0.1, 0.15) is 39.1 Å². The Balaban J connectivity index is 2.30. The zero-order valence-electron chi connectivity index (χ0n) is 12.5. The van der Waals surface area contributed by atoms with E-state index in [1.54, 1.807) is 20.8 Å². The second-order valence-corrected chi connectivity index (χ2v) is 4.95. The third kappa shape index (κ3) is 3.00. The van der Waals surface area contributed by atoms with Gasteiger partial charge in [0, 0.05) is 11.1 Å². The Kier molecular flexibility index (Phi) is 4.30. The maximum atomic E-state index is 13.0. The molecule has 2 rings (SSSR count). The number of amides is 1. The van der Waals surface area contributed by atoms with Crippen LogP contribution in [0.25, 0.3) is 0 Å². The van der Waals surface area contributed by atoms with Crippen LogP contribution in [0.15, 0.2) is 28.7 Å². The molecule has 0 spiro atoms. The molecule has 0 aliphatic heterocycles. The number of halogens is 1. The van der Waals surface area contributed by atoms with Crippen molar-refractivity contribution >= 4 is 11.9 Å². The number of hydrogen-bond donors (Lipinski definition) is 1. The lowest BCUT2D eigenvalue weighted by Gasteiger charge is -2.15. The summed E-state index contributed by atoms with van der Waals surface area (Å²) >= 11 is 0. The minimum atomic E-state index is -1.29. The van der Waals surface area contributed by atoms with E-state index in [0.717, 1.165) is 12.1 Å². The molecular formula is C16H16FNO4. The van der Waals surface area contributed by atoms with Gasteiger partial charge in [0.25, 0.3) is 5.91 Å². The molecular weight excluding hydrogens is 289 g/mol. The van der Waals surface area contributed by atoms with Crippen molar-refractivity contribution in [2.75, 3.05) is 0 Å². The summed E-state index contributed by atoms with van der Waals surface area (Å²) in [4.78, 5) is 23.8. The van der Waals surface area contributed by atoms with Crippen molar-refractivity contribution < 1.29 is 23.1 Å². The third-order valence-electron chi connectivity index (χ3n) is 3.42. The Labute approximate surface area is 126 Å². The van der Waals surface area contributed by atoms with Gasteiger partial charge < -0.3 is 14.9 Å². The van der Waals surface area contributed by atoms with E-state index in [9.17, 15) is 14.0 Å². The number of hydrogen-bond acceptors (Lipinski definition) is 4. The third-order valence-corrected chi connectivity index (χ3v) is 3.42. The van der Waals surface area contributed by atoms with Crippen molar-refractivity contribution in [3.63, 3.8) is 0 Å². The zero-order chi connectivity index (χ0) is 16.4. The highest BCUT2D eigenvalue weighted by molar-refractivity contribution is 5.94. The summed E-state index contributed by atoms with van der Waals surface area (Å²) in [5, 5.41) is 0. The number of benzene rings is 1. The van der Waals surface area contributed by atoms with Gasteiger partial charge in [-0.05, 0) is 32.9 Å². The van der Waals surface area contributed by atoms with Crippen molar-refractivity contribution in [3.05, 3.63) is 58.3 Å². The smallest absolute Gasteiger partial charge is 0.343 e. The van der Waals surface area contributed by atoms with Gasteiger partial charge in [-0.25, -0.2) is 9.18 Å². The van der Waals surface area contributed by atoms with E-state index in [4.69, 9.17) is 14.9 Å². The minimum Gasteiger partial charge on any atom is -0.465 e. The lowest BCUT2D eigenvalue weighted by atomic mass is 10.1. The fourth-order valence-corrected chi connectivity index (χ4v) is 2.19. The molecule has 2 N–H and O–H groups in total. The van der Waals surface area contributed by atoms with Crippen LogP contribution >= 0.6 is 0 Å². The number of nitrogens with two attached hydrogens (primary N) is 1. The number of rotatable bonds is 4. The number of primary amides is 1. The molecule has 116 valence electrons. The van der Waals surface area contributed by atoms with Crippen LogP contribution < -0.4 is 5.73 Å². The standard InChI is InChI=1S/C16H16FNO4/c1-8-9(2)21-10(3)13(8)16(20)22-14(15(18)19)11-4-6-12(17)7-5-11/h4-7,14H,1-3H3,(H2,18,19)/t14-/m0/s1. The molecule has 1 aromatic heterocycles. The monoisotopic (exact) mass is 305 g/mol. The van der Waals surface area contributed by atoms with E-state index in [1.807, 2.05) is 0 Å². The van der Waals surface area contributed by atoms with Crippen molar-refractivity contribution in [3.8, 4) is 0 Å². The van der Waals surface area contributed by atoms with Gasteiger partial charge in [0.05, 0.1) is 0 Å². The van der Waals surface area contributed by atoms with Gasteiger partial charge in [0.15, 0.2) is 0 Å². The molecule has 1 amide bonds. The summed E-state index contributed by atoms with van der Waals surface area (Å²) < 4.78 is 23.5. The molecule has 1 heterocycles. The molecule has 0 saturated heterocycles. The SMILES string of the molecule is Cc1oc(C)c(C(=O)O[C@H](C(N)=O)c2ccc(F)cc2)c1C. The quantitative estimate of drug-likeness (QED) is 0.880. The van der Waals surface area contributed by atoms with Crippen LogP contribution in [-0.2, 0) is 9.53 Å². The van der Waals surface area contributed by atoms with E-state index < -0.39 is 23.8 Å². The van der Waals surface area contributed by atoms with Crippen molar-refractivity contribution in [2.45, 2.75) is 26.9 Å². The van der Waals surface area contributed by atoms with Crippen molar-refractivity contribution in [2.24, 2.45) is 5.73 Å². The van der Waals surface area contributed by atoms with Gasteiger partial charge in [-0.15, -0.1) is 0 Å². The molecule has 0 bridgehead atoms. The van der Waals surface area contributed by atoms with E-state index in [0.29, 0.717) is 22.6 Å². The second-order valence-electron chi connectivity index (χ2n) is 4.95. The zero-order valence-corrected chi connectivity index (χ0v) is 12.5. The number of esters is 1. The second kappa shape index (κ2) is 6.01. The largest absolute Gasteiger partial charge is 0.465 e. The van der Waals surface area contributed by atoms with Gasteiger partial charge in [0.2, 0.25) is 6.10 Å². The lowest BCUT2D eigenvalue weighted by Crippen LogP contribution is -2.26. The summed E-state index contributed by atoms with van der Waals surface area (Å²) in [5.74, 6) is -1.00. The highest BCUT2D eigenvalue weighted by atomic mass is 19.1. The van der Waals surface area contributed by atoms with E-state index in [-0.39, 0.29) is 5.56 Å². The van der Waals surface area contributed by atoms with Gasteiger partial charge in [-0.3, -0.25) is 4.79 Å². The van der Waals surface area contributed by atoms with E-state index >= 15 is 0 Å². The normalized spacial score (nSPS) is 12.0. The molecule has 0 aliphatic carbocycles. The first kappa shape index (κ1) is 15.8. The number of carbonyl (C=O) groups is 2. The van der Waals surface area contributed by atoms with Gasteiger partial charge in [0.1, 0.15) is 22.9 Å². The van der Waals surface area contributed by atoms with E-state index in [1.165, 1.54) is 12.1 Å². The first-order valence-corrected chi connectivity index (χ1v) is 6.63. The van der Waals surface area contributed by atoms with Crippen LogP contribution in [0, 0.1) is 26.6 Å². The highest BCUT2D eigenvalue weighted by Crippen LogP contribution is 2.25. The molecule has 2 aromatic rings. The fraction of sp³-hybridized carbons (Fsp3) is 0.250. The molecule has 1 atom stereocenters. The maximum Gasteiger partial charge on any atom is 0.343 e. The first-order valence-electron chi connectivity index (χ1n) is 6.63. The molecule has 0 saturated carbocycles. The van der Waals surface area contributed by atoms with Crippen molar-refractivity contribution in [1.82, 2.24) is 0 Å². The number of aryl methyl sites for hydroxylation is 2. The number of ether oxygens (including phenoxy) is 1. The first-order chi connectivity index (χ1) is 10.3. The van der Waals surface area contributed by atoms with Crippen LogP contribution in [0.5, 0.6) is 0 Å². The molecule has 0 aliphatic rings. The fourth-order valence-electron chi connectivity index (χ4n) is 2.19. The molecule has 0 radical (unpaired) electrons. The summed E-state index contributed by atoms with van der Waals surface area (Å²) in [5.41, 5.74) is 6.50. The Hall–Kier alpha value is -2.63. The maximum absolute atomic E-state index is 13.0. The average molecular weight is 305 g/mol. The summed E-state index contributed by atoms with van der Waals surface area (Å²) in [7, 11) is 0. The number of furan rings is 1. The van der Waals surface area contributed by atoms with Crippen LogP contribution in [-0.4, -0.2) is 11.9 Å². The molecule has 6 heteroatoms. The summed E-state index contributed by atoms with van der Waals surface area (Å²) in [6.07, 6.45) is -1.29. The summed E-state index contributed by atoms with van der Waals surface area (Å²) in [6, 6.07) is 5.02. The van der Waals surface area contributed by atoms with Crippen LogP contribution in [0.2, 0.25) is 0 Å². The minimum absolute atomic E-state index is 0.269. The number of carbonyl (C=O) groups excluding carboxylic acids is 2. The molecule has 0 fully saturated rings.